The molecule has 1 aliphatic heterocycles. The SMILES string of the molecule is Cc1ccc2cc(NC(=O)C3(C)CCCN(C(C)C)C3)ccc2n1. The molecule has 1 N–H and O–H groups in total. The fourth-order valence-electron chi connectivity index (χ4n) is 3.49. The van der Waals surface area contributed by atoms with Gasteiger partial charge in [0.2, 0.25) is 5.91 Å². The second kappa shape index (κ2) is 6.52. The van der Waals surface area contributed by atoms with Gasteiger partial charge in [-0.05, 0) is 71.3 Å². The van der Waals surface area contributed by atoms with E-state index in [9.17, 15) is 4.79 Å². The molecule has 4 nitrogen and oxygen atoms in total. The summed E-state index contributed by atoms with van der Waals surface area (Å²) < 4.78 is 0. The third-order valence-electron chi connectivity index (χ3n) is 5.09. The topological polar surface area (TPSA) is 45.2 Å². The maximum Gasteiger partial charge on any atom is 0.231 e. The van der Waals surface area contributed by atoms with Crippen molar-refractivity contribution < 1.29 is 4.79 Å². The van der Waals surface area contributed by atoms with Crippen molar-refractivity contribution in [2.45, 2.75) is 46.6 Å². The summed E-state index contributed by atoms with van der Waals surface area (Å²) in [4.78, 5) is 19.8. The highest BCUT2D eigenvalue weighted by Crippen LogP contribution is 2.32. The largest absolute Gasteiger partial charge is 0.326 e. The van der Waals surface area contributed by atoms with Gasteiger partial charge in [-0.3, -0.25) is 14.7 Å². The van der Waals surface area contributed by atoms with E-state index < -0.39 is 0 Å². The Morgan fingerprint density at radius 2 is 2.08 bits per heavy atom. The predicted octanol–water partition coefficient (Wildman–Crippen LogP) is 3.99. The molecule has 0 saturated carbocycles. The first-order chi connectivity index (χ1) is 11.4. The van der Waals surface area contributed by atoms with Crippen molar-refractivity contribution in [3.05, 3.63) is 36.0 Å². The molecule has 0 aliphatic carbocycles. The molecule has 1 unspecified atom stereocenters. The minimum absolute atomic E-state index is 0.118. The Hall–Kier alpha value is -1.94. The molecule has 1 aliphatic rings. The molecule has 1 amide bonds. The lowest BCUT2D eigenvalue weighted by molar-refractivity contribution is -0.128. The van der Waals surface area contributed by atoms with E-state index in [-0.39, 0.29) is 11.3 Å². The lowest BCUT2D eigenvalue weighted by Crippen LogP contribution is -2.50. The second-order valence-corrected chi connectivity index (χ2v) is 7.54. The zero-order valence-electron chi connectivity index (χ0n) is 15.1. The summed E-state index contributed by atoms with van der Waals surface area (Å²) in [6.45, 7) is 10.4. The maximum atomic E-state index is 12.9. The number of hydrogen-bond acceptors (Lipinski definition) is 3. The lowest BCUT2D eigenvalue weighted by atomic mass is 9.80. The van der Waals surface area contributed by atoms with Crippen molar-refractivity contribution >= 4 is 22.5 Å². The van der Waals surface area contributed by atoms with E-state index in [1.807, 2.05) is 31.2 Å². The van der Waals surface area contributed by atoms with Crippen LogP contribution in [0.5, 0.6) is 0 Å². The van der Waals surface area contributed by atoms with Crippen LogP contribution >= 0.6 is 0 Å². The van der Waals surface area contributed by atoms with Crippen LogP contribution < -0.4 is 5.32 Å². The Morgan fingerprint density at radius 3 is 2.83 bits per heavy atom. The number of benzene rings is 1. The van der Waals surface area contributed by atoms with Crippen LogP contribution in [0.2, 0.25) is 0 Å². The molecule has 0 radical (unpaired) electrons. The van der Waals surface area contributed by atoms with Gasteiger partial charge in [0.05, 0.1) is 10.9 Å². The normalized spacial score (nSPS) is 22.0. The first-order valence-electron chi connectivity index (χ1n) is 8.80. The molecule has 2 aromatic rings. The monoisotopic (exact) mass is 325 g/mol. The molecule has 1 fully saturated rings. The van der Waals surface area contributed by atoms with Gasteiger partial charge in [0.15, 0.2) is 0 Å². The van der Waals surface area contributed by atoms with Crippen LogP contribution in [0.4, 0.5) is 5.69 Å². The molecule has 2 heterocycles. The fourth-order valence-corrected chi connectivity index (χ4v) is 3.49. The summed E-state index contributed by atoms with van der Waals surface area (Å²) in [6, 6.07) is 10.5. The zero-order valence-corrected chi connectivity index (χ0v) is 15.1. The van der Waals surface area contributed by atoms with E-state index in [1.54, 1.807) is 0 Å². The van der Waals surface area contributed by atoms with E-state index in [4.69, 9.17) is 0 Å². The van der Waals surface area contributed by atoms with Gasteiger partial charge >= 0.3 is 0 Å². The van der Waals surface area contributed by atoms with E-state index in [0.29, 0.717) is 6.04 Å². The molecular formula is C20H27N3O. The number of rotatable bonds is 3. The van der Waals surface area contributed by atoms with Gasteiger partial charge in [0.1, 0.15) is 0 Å². The molecule has 1 saturated heterocycles. The summed E-state index contributed by atoms with van der Waals surface area (Å²) >= 11 is 0. The van der Waals surface area contributed by atoms with E-state index in [2.05, 4.69) is 42.0 Å². The van der Waals surface area contributed by atoms with Gasteiger partial charge in [0, 0.05) is 29.4 Å². The van der Waals surface area contributed by atoms with Gasteiger partial charge in [-0.25, -0.2) is 0 Å². The third-order valence-corrected chi connectivity index (χ3v) is 5.09. The molecule has 0 bridgehead atoms. The number of carbonyl (C=O) groups is 1. The maximum absolute atomic E-state index is 12.9. The number of hydrogen-bond donors (Lipinski definition) is 1. The summed E-state index contributed by atoms with van der Waals surface area (Å²) in [5, 5.41) is 4.18. The van der Waals surface area contributed by atoms with E-state index >= 15 is 0 Å². The number of pyridine rings is 1. The highest BCUT2D eigenvalue weighted by molar-refractivity contribution is 5.97. The smallest absolute Gasteiger partial charge is 0.231 e. The van der Waals surface area contributed by atoms with Gasteiger partial charge < -0.3 is 5.32 Å². The van der Waals surface area contributed by atoms with Crippen molar-refractivity contribution in [2.75, 3.05) is 18.4 Å². The van der Waals surface area contributed by atoms with Crippen LogP contribution in [-0.4, -0.2) is 34.9 Å². The molecule has 1 atom stereocenters. The second-order valence-electron chi connectivity index (χ2n) is 7.54. The number of likely N-dealkylation sites (tertiary alicyclic amines) is 1. The van der Waals surface area contributed by atoms with Crippen molar-refractivity contribution in [1.29, 1.82) is 0 Å². The van der Waals surface area contributed by atoms with Crippen LogP contribution in [0.3, 0.4) is 0 Å². The number of nitrogens with zero attached hydrogens (tertiary/aromatic N) is 2. The molecule has 128 valence electrons. The molecule has 1 aromatic heterocycles. The lowest BCUT2D eigenvalue weighted by Gasteiger charge is -2.41. The van der Waals surface area contributed by atoms with Gasteiger partial charge in [-0.2, -0.15) is 0 Å². The van der Waals surface area contributed by atoms with Crippen molar-refractivity contribution in [3.63, 3.8) is 0 Å². The Morgan fingerprint density at radius 1 is 1.29 bits per heavy atom. The van der Waals surface area contributed by atoms with Crippen molar-refractivity contribution in [2.24, 2.45) is 5.41 Å². The van der Waals surface area contributed by atoms with Gasteiger partial charge in [0.25, 0.3) is 0 Å². The van der Waals surface area contributed by atoms with Crippen molar-refractivity contribution in [3.8, 4) is 0 Å². The Kier molecular flexibility index (Phi) is 4.59. The van der Waals surface area contributed by atoms with E-state index in [1.165, 1.54) is 0 Å². The number of piperidine rings is 1. The van der Waals surface area contributed by atoms with E-state index in [0.717, 1.165) is 48.2 Å². The Balaban J connectivity index is 1.77. The first-order valence-corrected chi connectivity index (χ1v) is 8.80. The Labute approximate surface area is 144 Å². The summed E-state index contributed by atoms with van der Waals surface area (Å²) in [7, 11) is 0. The molecule has 0 spiro atoms. The minimum Gasteiger partial charge on any atom is -0.326 e. The molecule has 4 heteroatoms. The summed E-state index contributed by atoms with van der Waals surface area (Å²) in [5.41, 5.74) is 2.48. The number of fused-ring (bicyclic) bond motifs is 1. The highest BCUT2D eigenvalue weighted by atomic mass is 16.2. The van der Waals surface area contributed by atoms with Crippen LogP contribution in [0.1, 0.15) is 39.3 Å². The molecule has 3 rings (SSSR count). The van der Waals surface area contributed by atoms with Crippen LogP contribution in [0.15, 0.2) is 30.3 Å². The molecule has 1 aromatic carbocycles. The fraction of sp³-hybridized carbons (Fsp3) is 0.500. The Bertz CT molecular complexity index is 756. The average molecular weight is 325 g/mol. The minimum atomic E-state index is -0.330. The third kappa shape index (κ3) is 3.44. The average Bonchev–Trinajstić information content (AvgIpc) is 2.55. The zero-order chi connectivity index (χ0) is 17.3. The van der Waals surface area contributed by atoms with Crippen LogP contribution in [0, 0.1) is 12.3 Å². The van der Waals surface area contributed by atoms with Crippen molar-refractivity contribution in [1.82, 2.24) is 9.88 Å². The van der Waals surface area contributed by atoms with Gasteiger partial charge in [-0.15, -0.1) is 0 Å². The predicted molar refractivity (Wildman–Crippen MR) is 99.2 cm³/mol. The first kappa shape index (κ1) is 16.9. The van der Waals surface area contributed by atoms with Crippen LogP contribution in [-0.2, 0) is 4.79 Å². The number of anilines is 1. The number of aromatic nitrogens is 1. The number of amides is 1. The number of aryl methyl sites for hydroxylation is 1. The van der Waals surface area contributed by atoms with Gasteiger partial charge in [-0.1, -0.05) is 6.07 Å². The number of nitrogens with one attached hydrogen (secondary N) is 1. The molecular weight excluding hydrogens is 298 g/mol. The summed E-state index contributed by atoms with van der Waals surface area (Å²) in [5.74, 6) is 0.118. The summed E-state index contributed by atoms with van der Waals surface area (Å²) in [6.07, 6.45) is 2.01. The quantitative estimate of drug-likeness (QED) is 0.928. The standard InChI is InChI=1S/C20H27N3O/c1-14(2)23-11-5-10-20(4,13-23)19(24)22-17-8-9-18-16(12-17)7-6-15(3)21-18/h6-9,12,14H,5,10-11,13H2,1-4H3,(H,22,24). The number of carbonyl (C=O) groups excluding carboxylic acids is 1. The van der Waals surface area contributed by atoms with Crippen LogP contribution in [0.25, 0.3) is 10.9 Å². The highest BCUT2D eigenvalue weighted by Gasteiger charge is 2.38. The molecule has 24 heavy (non-hydrogen) atoms.